The summed E-state index contributed by atoms with van der Waals surface area (Å²) in [5, 5.41) is 1.12. The lowest BCUT2D eigenvalue weighted by atomic mass is 10.1. The van der Waals surface area contributed by atoms with Gasteiger partial charge in [-0.05, 0) is 36.3 Å². The van der Waals surface area contributed by atoms with Gasteiger partial charge in [-0.25, -0.2) is 0 Å². The maximum absolute atomic E-state index is 12.6. The van der Waals surface area contributed by atoms with Crippen molar-refractivity contribution in [3.8, 4) is 0 Å². The van der Waals surface area contributed by atoms with Gasteiger partial charge >= 0.3 is 0 Å². The number of carbonyl (C=O) groups excluding carboxylic acids is 1. The van der Waals surface area contributed by atoms with E-state index >= 15 is 0 Å². The van der Waals surface area contributed by atoms with Crippen molar-refractivity contribution in [2.75, 3.05) is 19.8 Å². The molecule has 2 aromatic rings. The van der Waals surface area contributed by atoms with E-state index in [1.807, 2.05) is 35.2 Å². The van der Waals surface area contributed by atoms with E-state index in [1.165, 1.54) is 0 Å². The number of hydrogen-bond donors (Lipinski definition) is 0. The highest BCUT2D eigenvalue weighted by Crippen LogP contribution is 2.51. The molecule has 2 heterocycles. The number of piperidine rings is 1. The summed E-state index contributed by atoms with van der Waals surface area (Å²) in [5.41, 5.74) is 1.93. The van der Waals surface area contributed by atoms with E-state index in [0.717, 1.165) is 29.7 Å². The Morgan fingerprint density at radius 1 is 1.18 bits per heavy atom. The third kappa shape index (κ3) is 2.36. The second kappa shape index (κ2) is 5.34. The molecule has 2 fully saturated rings. The number of alkyl halides is 1. The Morgan fingerprint density at radius 3 is 2.73 bits per heavy atom. The number of hydrogen-bond acceptors (Lipinski definition) is 2. The van der Waals surface area contributed by atoms with E-state index in [4.69, 9.17) is 0 Å². The average Bonchev–Trinajstić information content (AvgIpc) is 3.03. The van der Waals surface area contributed by atoms with Gasteiger partial charge in [-0.2, -0.15) is 0 Å². The van der Waals surface area contributed by atoms with E-state index in [-0.39, 0.29) is 18.5 Å². The van der Waals surface area contributed by atoms with Crippen LogP contribution in [0.25, 0.3) is 10.9 Å². The zero-order valence-electron chi connectivity index (χ0n) is 12.4. The Hall–Kier alpha value is -1.97. The van der Waals surface area contributed by atoms with Crippen molar-refractivity contribution < 1.29 is 9.18 Å². The smallest absolute Gasteiger partial charge is 0.222 e. The summed E-state index contributed by atoms with van der Waals surface area (Å²) in [6.07, 6.45) is 1.16. The first-order valence-corrected chi connectivity index (χ1v) is 7.94. The number of para-hydroxylation sites is 1. The minimum atomic E-state index is -0.224. The minimum absolute atomic E-state index is 0.180. The molecule has 4 heteroatoms. The fourth-order valence-corrected chi connectivity index (χ4v) is 3.72. The van der Waals surface area contributed by atoms with Crippen molar-refractivity contribution in [1.82, 2.24) is 9.88 Å². The topological polar surface area (TPSA) is 33.2 Å². The minimum Gasteiger partial charge on any atom is -0.342 e. The van der Waals surface area contributed by atoms with Crippen LogP contribution in [-0.2, 0) is 11.2 Å². The molecule has 1 amide bonds. The molecule has 1 aromatic heterocycles. The molecule has 1 unspecified atom stereocenters. The fourth-order valence-electron chi connectivity index (χ4n) is 3.72. The monoisotopic (exact) mass is 298 g/mol. The summed E-state index contributed by atoms with van der Waals surface area (Å²) in [6.45, 7) is 1.28. The molecule has 4 rings (SSSR count). The predicted octanol–water partition coefficient (Wildman–Crippen LogP) is 2.84. The summed E-state index contributed by atoms with van der Waals surface area (Å²) in [4.78, 5) is 18.8. The summed E-state index contributed by atoms with van der Waals surface area (Å²) >= 11 is 0. The van der Waals surface area contributed by atoms with Gasteiger partial charge in [0, 0.05) is 30.6 Å². The number of likely N-dealkylation sites (tertiary alicyclic amines) is 1. The van der Waals surface area contributed by atoms with Crippen molar-refractivity contribution in [3.63, 3.8) is 0 Å². The molecule has 3 atom stereocenters. The zero-order valence-corrected chi connectivity index (χ0v) is 12.4. The van der Waals surface area contributed by atoms with Gasteiger partial charge in [-0.15, -0.1) is 0 Å². The molecule has 2 aliphatic rings. The third-order valence-electron chi connectivity index (χ3n) is 5.15. The van der Waals surface area contributed by atoms with Gasteiger partial charge < -0.3 is 4.90 Å². The third-order valence-corrected chi connectivity index (χ3v) is 5.15. The van der Waals surface area contributed by atoms with E-state index in [2.05, 4.69) is 11.1 Å². The van der Waals surface area contributed by atoms with Crippen molar-refractivity contribution in [1.29, 1.82) is 0 Å². The second-order valence-electron chi connectivity index (χ2n) is 6.44. The number of aromatic nitrogens is 1. The second-order valence-corrected chi connectivity index (χ2v) is 6.44. The molecule has 0 N–H and O–H groups in total. The number of benzene rings is 1. The number of nitrogens with zero attached hydrogens (tertiary/aromatic N) is 2. The number of halogens is 1. The number of pyridine rings is 1. The molecule has 1 aromatic carbocycles. The van der Waals surface area contributed by atoms with Crippen LogP contribution >= 0.6 is 0 Å². The largest absolute Gasteiger partial charge is 0.342 e. The number of aryl methyl sites for hydroxylation is 1. The van der Waals surface area contributed by atoms with Crippen molar-refractivity contribution in [3.05, 3.63) is 42.1 Å². The molecule has 0 spiro atoms. The number of rotatable bonds is 4. The quantitative estimate of drug-likeness (QED) is 0.869. The summed E-state index contributed by atoms with van der Waals surface area (Å²) in [5.74, 6) is 1.26. The first-order chi connectivity index (χ1) is 10.8. The Balaban J connectivity index is 1.35. The molecule has 1 saturated heterocycles. The van der Waals surface area contributed by atoms with Crippen molar-refractivity contribution >= 4 is 16.8 Å². The molecule has 114 valence electrons. The predicted molar refractivity (Wildman–Crippen MR) is 83.1 cm³/mol. The lowest BCUT2D eigenvalue weighted by Crippen LogP contribution is -2.32. The van der Waals surface area contributed by atoms with Gasteiger partial charge in [0.1, 0.15) is 0 Å². The van der Waals surface area contributed by atoms with Gasteiger partial charge in [0.05, 0.1) is 12.2 Å². The van der Waals surface area contributed by atoms with Gasteiger partial charge in [0.25, 0.3) is 0 Å². The SMILES string of the molecule is O=C(CCc1ccc2ccccc2n1)N1C[C@@H]2C(CF)[C@@H]2C1. The van der Waals surface area contributed by atoms with E-state index in [1.54, 1.807) is 0 Å². The fraction of sp³-hybridized carbons (Fsp3) is 0.444. The summed E-state index contributed by atoms with van der Waals surface area (Å²) in [6, 6.07) is 12.1. The van der Waals surface area contributed by atoms with E-state index in [0.29, 0.717) is 24.7 Å². The highest BCUT2D eigenvalue weighted by molar-refractivity contribution is 5.79. The lowest BCUT2D eigenvalue weighted by molar-refractivity contribution is -0.130. The van der Waals surface area contributed by atoms with Gasteiger partial charge in [0.15, 0.2) is 0 Å². The molecule has 1 aliphatic heterocycles. The maximum atomic E-state index is 12.6. The highest BCUT2D eigenvalue weighted by atomic mass is 19.1. The van der Waals surface area contributed by atoms with Crippen LogP contribution in [0.2, 0.25) is 0 Å². The van der Waals surface area contributed by atoms with Gasteiger partial charge in [-0.1, -0.05) is 24.3 Å². The van der Waals surface area contributed by atoms with E-state index < -0.39 is 0 Å². The summed E-state index contributed by atoms with van der Waals surface area (Å²) < 4.78 is 12.6. The van der Waals surface area contributed by atoms with E-state index in [9.17, 15) is 9.18 Å². The number of amides is 1. The molecular formula is C18H19FN2O. The van der Waals surface area contributed by atoms with Crippen LogP contribution in [0.3, 0.4) is 0 Å². The molecule has 0 radical (unpaired) electrons. The Kier molecular flexibility index (Phi) is 3.32. The van der Waals surface area contributed by atoms with Crippen LogP contribution in [0.4, 0.5) is 4.39 Å². The first-order valence-electron chi connectivity index (χ1n) is 7.94. The molecular weight excluding hydrogens is 279 g/mol. The molecule has 3 nitrogen and oxygen atoms in total. The summed E-state index contributed by atoms with van der Waals surface area (Å²) in [7, 11) is 0. The highest BCUT2D eigenvalue weighted by Gasteiger charge is 2.56. The van der Waals surface area contributed by atoms with Crippen LogP contribution in [0.15, 0.2) is 36.4 Å². The van der Waals surface area contributed by atoms with Gasteiger partial charge in [-0.3, -0.25) is 14.2 Å². The van der Waals surface area contributed by atoms with Crippen LogP contribution in [0, 0.1) is 17.8 Å². The molecule has 1 saturated carbocycles. The standard InChI is InChI=1S/C18H19FN2O/c19-9-14-15-10-21(11-16(14)15)18(22)8-7-13-6-5-12-3-1-2-4-17(12)20-13/h1-6,14-16H,7-11H2/t14?,15-,16+. The van der Waals surface area contributed by atoms with Crippen LogP contribution < -0.4 is 0 Å². The first kappa shape index (κ1) is 13.7. The maximum Gasteiger partial charge on any atom is 0.222 e. The lowest BCUT2D eigenvalue weighted by Gasteiger charge is -2.19. The van der Waals surface area contributed by atoms with Gasteiger partial charge in [0.2, 0.25) is 5.91 Å². The Labute approximate surface area is 129 Å². The van der Waals surface area contributed by atoms with Crippen LogP contribution in [0.1, 0.15) is 12.1 Å². The number of fused-ring (bicyclic) bond motifs is 2. The van der Waals surface area contributed by atoms with Crippen LogP contribution in [0.5, 0.6) is 0 Å². The molecule has 0 bridgehead atoms. The number of carbonyl (C=O) groups is 1. The van der Waals surface area contributed by atoms with Crippen LogP contribution in [-0.4, -0.2) is 35.6 Å². The van der Waals surface area contributed by atoms with Crippen molar-refractivity contribution in [2.24, 2.45) is 17.8 Å². The zero-order chi connectivity index (χ0) is 15.1. The van der Waals surface area contributed by atoms with Crippen molar-refractivity contribution in [2.45, 2.75) is 12.8 Å². The molecule has 22 heavy (non-hydrogen) atoms. The Morgan fingerprint density at radius 2 is 1.95 bits per heavy atom. The normalized spacial score (nSPS) is 26.2. The Bertz CT molecular complexity index is 705. The molecule has 1 aliphatic carbocycles. The average molecular weight is 298 g/mol.